The maximum atomic E-state index is 12.2. The van der Waals surface area contributed by atoms with E-state index in [2.05, 4.69) is 26.6 Å². The second-order valence-corrected chi connectivity index (χ2v) is 6.11. The summed E-state index contributed by atoms with van der Waals surface area (Å²) in [6, 6.07) is 11.1. The number of hydrogen-bond acceptors (Lipinski definition) is 3. The van der Waals surface area contributed by atoms with Crippen LogP contribution in [0.25, 0.3) is 0 Å². The van der Waals surface area contributed by atoms with E-state index in [0.29, 0.717) is 4.47 Å². The number of carbonyl (C=O) groups is 2. The van der Waals surface area contributed by atoms with Gasteiger partial charge in [-0.2, -0.15) is 0 Å². The van der Waals surface area contributed by atoms with E-state index < -0.39 is 11.9 Å². The molecule has 8 heteroatoms. The van der Waals surface area contributed by atoms with E-state index in [-0.39, 0.29) is 26.9 Å². The normalized spacial score (nSPS) is 10.0. The van der Waals surface area contributed by atoms with Gasteiger partial charge in [-0.1, -0.05) is 39.7 Å². The van der Waals surface area contributed by atoms with Crippen LogP contribution in [0, 0.1) is 0 Å². The van der Waals surface area contributed by atoms with Crippen LogP contribution < -0.4 is 10.6 Å². The van der Waals surface area contributed by atoms with E-state index in [1.54, 1.807) is 36.4 Å². The van der Waals surface area contributed by atoms with E-state index in [0.717, 1.165) is 0 Å². The highest BCUT2D eigenvalue weighted by atomic mass is 79.9. The average Bonchev–Trinajstić information content (AvgIpc) is 2.49. The van der Waals surface area contributed by atoms with Crippen LogP contribution in [-0.4, -0.2) is 22.1 Å². The second-order valence-electron chi connectivity index (χ2n) is 4.38. The number of aromatic carboxylic acids is 1. The third-order valence-corrected chi connectivity index (χ3v) is 3.83. The van der Waals surface area contributed by atoms with Crippen molar-refractivity contribution in [2.45, 2.75) is 0 Å². The number of rotatable bonds is 3. The van der Waals surface area contributed by atoms with Crippen LogP contribution in [0.1, 0.15) is 20.7 Å². The third kappa shape index (κ3) is 4.51. The van der Waals surface area contributed by atoms with Crippen molar-refractivity contribution in [1.29, 1.82) is 0 Å². The van der Waals surface area contributed by atoms with Gasteiger partial charge in [0, 0.05) is 4.47 Å². The standard InChI is InChI=1S/C15H10BrClN2O3S/c16-8-5-6-11(17)10(7-8)13(20)19-15(23)18-12-4-2-1-3-9(12)14(21)22/h1-7H,(H,21,22)(H2,18,19,20,23). The average molecular weight is 414 g/mol. The van der Waals surface area contributed by atoms with Crippen molar-refractivity contribution in [1.82, 2.24) is 5.32 Å². The first-order valence-corrected chi connectivity index (χ1v) is 7.86. The zero-order valence-corrected chi connectivity index (χ0v) is 14.6. The van der Waals surface area contributed by atoms with Gasteiger partial charge in [0.25, 0.3) is 5.91 Å². The maximum Gasteiger partial charge on any atom is 0.337 e. The number of carboxylic acids is 1. The minimum Gasteiger partial charge on any atom is -0.478 e. The summed E-state index contributed by atoms with van der Waals surface area (Å²) in [5.74, 6) is -1.60. The molecule has 0 atom stereocenters. The lowest BCUT2D eigenvalue weighted by molar-refractivity contribution is 0.0698. The minimum absolute atomic E-state index is 0.0280. The van der Waals surface area contributed by atoms with Gasteiger partial charge in [0.1, 0.15) is 0 Å². The van der Waals surface area contributed by atoms with E-state index >= 15 is 0 Å². The molecule has 0 saturated heterocycles. The number of amides is 1. The van der Waals surface area contributed by atoms with Crippen molar-refractivity contribution in [3.63, 3.8) is 0 Å². The van der Waals surface area contributed by atoms with Gasteiger partial charge in [0.2, 0.25) is 0 Å². The lowest BCUT2D eigenvalue weighted by Crippen LogP contribution is -2.34. The SMILES string of the molecule is O=C(NC(=S)Nc1ccccc1C(=O)O)c1cc(Br)ccc1Cl. The predicted octanol–water partition coefficient (Wildman–Crippen LogP) is 3.93. The van der Waals surface area contributed by atoms with Crippen LogP contribution in [0.5, 0.6) is 0 Å². The Morgan fingerprint density at radius 2 is 1.83 bits per heavy atom. The molecular weight excluding hydrogens is 404 g/mol. The van der Waals surface area contributed by atoms with Gasteiger partial charge in [0.05, 0.1) is 21.8 Å². The fraction of sp³-hybridized carbons (Fsp3) is 0. The first kappa shape index (κ1) is 17.4. The van der Waals surface area contributed by atoms with Crippen molar-refractivity contribution in [3.05, 3.63) is 63.1 Å². The van der Waals surface area contributed by atoms with Gasteiger partial charge in [0.15, 0.2) is 5.11 Å². The highest BCUT2D eigenvalue weighted by Gasteiger charge is 2.14. The topological polar surface area (TPSA) is 78.4 Å². The smallest absolute Gasteiger partial charge is 0.337 e. The van der Waals surface area contributed by atoms with E-state index in [9.17, 15) is 9.59 Å². The first-order valence-electron chi connectivity index (χ1n) is 6.28. The molecule has 1 amide bonds. The number of carboxylic acid groups (broad SMARTS) is 1. The zero-order valence-electron chi connectivity index (χ0n) is 11.5. The number of carbonyl (C=O) groups excluding carboxylic acids is 1. The molecule has 0 aromatic heterocycles. The van der Waals surface area contributed by atoms with Crippen molar-refractivity contribution in [3.8, 4) is 0 Å². The van der Waals surface area contributed by atoms with Crippen molar-refractivity contribution < 1.29 is 14.7 Å². The lowest BCUT2D eigenvalue weighted by atomic mass is 10.2. The highest BCUT2D eigenvalue weighted by Crippen LogP contribution is 2.21. The Labute approximate surface area is 150 Å². The summed E-state index contributed by atoms with van der Waals surface area (Å²) < 4.78 is 0.696. The van der Waals surface area contributed by atoms with Gasteiger partial charge in [-0.3, -0.25) is 10.1 Å². The van der Waals surface area contributed by atoms with E-state index in [1.165, 1.54) is 6.07 Å². The van der Waals surface area contributed by atoms with Crippen LogP contribution in [0.2, 0.25) is 5.02 Å². The van der Waals surface area contributed by atoms with Crippen LogP contribution in [0.15, 0.2) is 46.9 Å². The van der Waals surface area contributed by atoms with Gasteiger partial charge >= 0.3 is 5.97 Å². The Balaban J connectivity index is 2.12. The number of para-hydroxylation sites is 1. The van der Waals surface area contributed by atoms with Gasteiger partial charge in [-0.15, -0.1) is 0 Å². The predicted molar refractivity (Wildman–Crippen MR) is 96.2 cm³/mol. The molecule has 2 aromatic carbocycles. The number of thiocarbonyl (C=S) groups is 1. The summed E-state index contributed by atoms with van der Waals surface area (Å²) in [6.45, 7) is 0. The second kappa shape index (κ2) is 7.54. The van der Waals surface area contributed by atoms with Crippen LogP contribution >= 0.6 is 39.7 Å². The molecule has 0 aliphatic rings. The summed E-state index contributed by atoms with van der Waals surface area (Å²) in [6.07, 6.45) is 0. The van der Waals surface area contributed by atoms with Crippen LogP contribution in [0.4, 0.5) is 5.69 Å². The zero-order chi connectivity index (χ0) is 17.0. The summed E-state index contributed by atoms with van der Waals surface area (Å²) in [4.78, 5) is 23.3. The van der Waals surface area contributed by atoms with Gasteiger partial charge in [-0.05, 0) is 42.5 Å². The van der Waals surface area contributed by atoms with Crippen molar-refractivity contribution in [2.75, 3.05) is 5.32 Å². The molecule has 118 valence electrons. The highest BCUT2D eigenvalue weighted by molar-refractivity contribution is 9.10. The van der Waals surface area contributed by atoms with Crippen LogP contribution in [-0.2, 0) is 0 Å². The Bertz CT molecular complexity index is 798. The molecule has 0 bridgehead atoms. The molecule has 23 heavy (non-hydrogen) atoms. The number of hydrogen-bond donors (Lipinski definition) is 3. The third-order valence-electron chi connectivity index (χ3n) is 2.81. The molecule has 0 aliphatic heterocycles. The Morgan fingerprint density at radius 1 is 1.13 bits per heavy atom. The van der Waals surface area contributed by atoms with E-state index in [1.807, 2.05) is 0 Å². The van der Waals surface area contributed by atoms with Crippen molar-refractivity contribution in [2.24, 2.45) is 0 Å². The molecule has 2 aromatic rings. The molecule has 0 spiro atoms. The summed E-state index contributed by atoms with van der Waals surface area (Å²) in [5.41, 5.74) is 0.576. The number of benzene rings is 2. The summed E-state index contributed by atoms with van der Waals surface area (Å²) in [7, 11) is 0. The Morgan fingerprint density at radius 3 is 2.52 bits per heavy atom. The first-order chi connectivity index (χ1) is 10.9. The maximum absolute atomic E-state index is 12.2. The molecule has 5 nitrogen and oxygen atoms in total. The fourth-order valence-corrected chi connectivity index (χ4v) is 2.54. The molecule has 3 N–H and O–H groups in total. The largest absolute Gasteiger partial charge is 0.478 e. The minimum atomic E-state index is -1.10. The summed E-state index contributed by atoms with van der Waals surface area (Å²) in [5, 5.41) is 14.5. The molecule has 0 heterocycles. The molecular formula is C15H10BrClN2O3S. The summed E-state index contributed by atoms with van der Waals surface area (Å²) >= 11 is 14.3. The van der Waals surface area contributed by atoms with Gasteiger partial charge < -0.3 is 10.4 Å². The Kier molecular flexibility index (Phi) is 5.70. The van der Waals surface area contributed by atoms with E-state index in [4.69, 9.17) is 28.9 Å². The molecule has 0 fully saturated rings. The molecule has 0 aliphatic carbocycles. The molecule has 0 radical (unpaired) electrons. The number of halogens is 2. The lowest BCUT2D eigenvalue weighted by Gasteiger charge is -2.12. The molecule has 0 saturated carbocycles. The number of anilines is 1. The van der Waals surface area contributed by atoms with Crippen LogP contribution in [0.3, 0.4) is 0 Å². The van der Waals surface area contributed by atoms with Crippen molar-refractivity contribution >= 4 is 62.4 Å². The Hall–Kier alpha value is -1.96. The van der Waals surface area contributed by atoms with Gasteiger partial charge in [-0.25, -0.2) is 4.79 Å². The molecule has 0 unspecified atom stereocenters. The monoisotopic (exact) mass is 412 g/mol. The number of nitrogens with one attached hydrogen (secondary N) is 2. The molecule has 2 rings (SSSR count). The quantitative estimate of drug-likeness (QED) is 0.665. The fourth-order valence-electron chi connectivity index (χ4n) is 1.77.